The molecule has 1 aliphatic carbocycles. The molecular weight excluding hydrogens is 248 g/mol. The second-order valence-corrected chi connectivity index (χ2v) is 5.94. The van der Waals surface area contributed by atoms with Crippen LogP contribution in [-0.2, 0) is 0 Å². The Balaban J connectivity index is 2.02. The maximum Gasteiger partial charge on any atom is 0.255 e. The number of thioether (sulfide) groups is 1. The Morgan fingerprint density at radius 1 is 1.56 bits per heavy atom. The van der Waals surface area contributed by atoms with Gasteiger partial charge in [-0.05, 0) is 31.2 Å². The second kappa shape index (κ2) is 5.10. The van der Waals surface area contributed by atoms with Crippen LogP contribution in [0.3, 0.4) is 0 Å². The molecule has 1 saturated carbocycles. The number of hydrogen-bond donors (Lipinski definition) is 3. The Morgan fingerprint density at radius 2 is 2.28 bits per heavy atom. The Hall–Kier alpha value is -1.36. The van der Waals surface area contributed by atoms with Crippen molar-refractivity contribution in [3.63, 3.8) is 0 Å². The third-order valence-corrected chi connectivity index (χ3v) is 5.00. The highest BCUT2D eigenvalue weighted by Gasteiger charge is 2.36. The SMILES string of the molecule is CSC1(CNC(=O)c2cccc(N)c2O)CCC1. The lowest BCUT2D eigenvalue weighted by Crippen LogP contribution is -2.45. The van der Waals surface area contributed by atoms with Crippen LogP contribution in [0.15, 0.2) is 18.2 Å². The topological polar surface area (TPSA) is 75.4 Å². The molecule has 0 aromatic heterocycles. The molecule has 1 fully saturated rings. The van der Waals surface area contributed by atoms with E-state index in [9.17, 15) is 9.90 Å². The van der Waals surface area contributed by atoms with E-state index in [1.807, 2.05) is 0 Å². The normalized spacial score (nSPS) is 16.9. The lowest BCUT2D eigenvalue weighted by molar-refractivity contribution is 0.0941. The minimum Gasteiger partial charge on any atom is -0.505 e. The summed E-state index contributed by atoms with van der Waals surface area (Å²) in [5.74, 6) is -0.401. The molecule has 1 aromatic carbocycles. The molecule has 98 valence electrons. The first-order chi connectivity index (χ1) is 8.58. The van der Waals surface area contributed by atoms with E-state index in [4.69, 9.17) is 5.73 Å². The van der Waals surface area contributed by atoms with Crippen LogP contribution in [0, 0.1) is 0 Å². The maximum atomic E-state index is 12.0. The fourth-order valence-electron chi connectivity index (χ4n) is 2.11. The van der Waals surface area contributed by atoms with E-state index in [1.165, 1.54) is 6.42 Å². The number of amides is 1. The summed E-state index contributed by atoms with van der Waals surface area (Å²) in [5.41, 5.74) is 6.04. The smallest absolute Gasteiger partial charge is 0.255 e. The van der Waals surface area contributed by atoms with E-state index in [0.717, 1.165) is 12.8 Å². The van der Waals surface area contributed by atoms with Gasteiger partial charge in [-0.15, -0.1) is 0 Å². The summed E-state index contributed by atoms with van der Waals surface area (Å²) in [6.07, 6.45) is 5.57. The molecule has 1 aliphatic rings. The number of rotatable bonds is 4. The lowest BCUT2D eigenvalue weighted by Gasteiger charge is -2.40. The van der Waals surface area contributed by atoms with Gasteiger partial charge in [-0.3, -0.25) is 4.79 Å². The van der Waals surface area contributed by atoms with Crippen LogP contribution in [0.2, 0.25) is 0 Å². The van der Waals surface area contributed by atoms with E-state index in [0.29, 0.717) is 6.54 Å². The second-order valence-electron chi connectivity index (χ2n) is 4.67. The number of nitrogens with two attached hydrogens (primary N) is 1. The van der Waals surface area contributed by atoms with E-state index in [1.54, 1.807) is 30.0 Å². The molecular formula is C13H18N2O2S. The Labute approximate surface area is 111 Å². The maximum absolute atomic E-state index is 12.0. The number of phenols is 1. The van der Waals surface area contributed by atoms with Gasteiger partial charge >= 0.3 is 0 Å². The first kappa shape index (κ1) is 13.1. The molecule has 0 spiro atoms. The highest BCUT2D eigenvalue weighted by molar-refractivity contribution is 8.00. The summed E-state index contributed by atoms with van der Waals surface area (Å²) in [5, 5.41) is 12.6. The molecule has 0 heterocycles. The number of hydrogen-bond acceptors (Lipinski definition) is 4. The molecule has 4 N–H and O–H groups in total. The Bertz CT molecular complexity index is 453. The van der Waals surface area contributed by atoms with Crippen molar-refractivity contribution < 1.29 is 9.90 Å². The average Bonchev–Trinajstić information content (AvgIpc) is 2.31. The molecule has 0 bridgehead atoms. The number of nitrogens with one attached hydrogen (secondary N) is 1. The molecule has 5 heteroatoms. The zero-order valence-electron chi connectivity index (χ0n) is 10.4. The van der Waals surface area contributed by atoms with Gasteiger partial charge in [-0.25, -0.2) is 0 Å². The lowest BCUT2D eigenvalue weighted by atomic mass is 9.84. The number of phenolic OH excluding ortho intramolecular Hbond substituents is 1. The van der Waals surface area contributed by atoms with Crippen LogP contribution in [-0.4, -0.2) is 28.6 Å². The van der Waals surface area contributed by atoms with Crippen molar-refractivity contribution in [2.45, 2.75) is 24.0 Å². The van der Waals surface area contributed by atoms with Crippen molar-refractivity contribution in [3.8, 4) is 5.75 Å². The number of nitrogen functional groups attached to an aromatic ring is 1. The van der Waals surface area contributed by atoms with Crippen LogP contribution in [0.5, 0.6) is 5.75 Å². The highest BCUT2D eigenvalue weighted by Crippen LogP contribution is 2.42. The predicted octanol–water partition coefficient (Wildman–Crippen LogP) is 1.99. The number of anilines is 1. The third-order valence-electron chi connectivity index (χ3n) is 3.58. The van der Waals surface area contributed by atoms with Crippen molar-refractivity contribution >= 4 is 23.4 Å². The van der Waals surface area contributed by atoms with E-state index < -0.39 is 0 Å². The predicted molar refractivity (Wildman–Crippen MR) is 74.9 cm³/mol. The molecule has 0 atom stereocenters. The minimum atomic E-state index is -0.264. The molecule has 0 saturated heterocycles. The first-order valence-corrected chi connectivity index (χ1v) is 7.21. The van der Waals surface area contributed by atoms with Gasteiger partial charge in [-0.1, -0.05) is 12.5 Å². The number of carbonyl (C=O) groups is 1. The Morgan fingerprint density at radius 3 is 2.83 bits per heavy atom. The van der Waals surface area contributed by atoms with Crippen LogP contribution in [0.4, 0.5) is 5.69 Å². The Kier molecular flexibility index (Phi) is 3.71. The summed E-state index contributed by atoms with van der Waals surface area (Å²) in [6, 6.07) is 4.81. The summed E-state index contributed by atoms with van der Waals surface area (Å²) in [7, 11) is 0. The summed E-state index contributed by atoms with van der Waals surface area (Å²) in [4.78, 5) is 12.0. The minimum absolute atomic E-state index is 0.137. The third kappa shape index (κ3) is 2.41. The average molecular weight is 266 g/mol. The van der Waals surface area contributed by atoms with Crippen LogP contribution >= 0.6 is 11.8 Å². The van der Waals surface area contributed by atoms with Crippen molar-refractivity contribution in [3.05, 3.63) is 23.8 Å². The van der Waals surface area contributed by atoms with E-state index >= 15 is 0 Å². The molecule has 18 heavy (non-hydrogen) atoms. The van der Waals surface area contributed by atoms with Gasteiger partial charge < -0.3 is 16.2 Å². The molecule has 0 radical (unpaired) electrons. The van der Waals surface area contributed by atoms with Crippen LogP contribution in [0.25, 0.3) is 0 Å². The summed E-state index contributed by atoms with van der Waals surface area (Å²) >= 11 is 1.80. The fraction of sp³-hybridized carbons (Fsp3) is 0.462. The molecule has 4 nitrogen and oxygen atoms in total. The van der Waals surface area contributed by atoms with Crippen molar-refractivity contribution in [2.24, 2.45) is 0 Å². The van der Waals surface area contributed by atoms with Crippen LogP contribution in [0.1, 0.15) is 29.6 Å². The van der Waals surface area contributed by atoms with E-state index in [-0.39, 0.29) is 27.7 Å². The fourth-order valence-corrected chi connectivity index (χ4v) is 3.02. The molecule has 0 aliphatic heterocycles. The van der Waals surface area contributed by atoms with Crippen molar-refractivity contribution in [2.75, 3.05) is 18.5 Å². The van der Waals surface area contributed by atoms with Crippen LogP contribution < -0.4 is 11.1 Å². The molecule has 1 amide bonds. The summed E-state index contributed by atoms with van der Waals surface area (Å²) < 4.78 is 0.186. The zero-order valence-corrected chi connectivity index (χ0v) is 11.2. The standard InChI is InChI=1S/C13H18N2O2S/c1-18-13(6-3-7-13)8-15-12(17)9-4-2-5-10(14)11(9)16/h2,4-5,16H,3,6-8,14H2,1H3,(H,15,17). The monoisotopic (exact) mass is 266 g/mol. The number of carbonyl (C=O) groups excluding carboxylic acids is 1. The number of para-hydroxylation sites is 1. The first-order valence-electron chi connectivity index (χ1n) is 5.99. The number of benzene rings is 1. The van der Waals surface area contributed by atoms with Gasteiger partial charge in [0.1, 0.15) is 0 Å². The van der Waals surface area contributed by atoms with Gasteiger partial charge in [0.2, 0.25) is 0 Å². The van der Waals surface area contributed by atoms with E-state index in [2.05, 4.69) is 11.6 Å². The van der Waals surface area contributed by atoms with Gasteiger partial charge in [0.05, 0.1) is 11.3 Å². The zero-order chi connectivity index (χ0) is 13.2. The van der Waals surface area contributed by atoms with Crippen molar-refractivity contribution in [1.29, 1.82) is 0 Å². The molecule has 0 unspecified atom stereocenters. The number of aromatic hydroxyl groups is 1. The highest BCUT2D eigenvalue weighted by atomic mass is 32.2. The quantitative estimate of drug-likeness (QED) is 0.575. The molecule has 1 aromatic rings. The van der Waals surface area contributed by atoms with Crippen molar-refractivity contribution in [1.82, 2.24) is 5.32 Å². The largest absolute Gasteiger partial charge is 0.505 e. The molecule has 2 rings (SSSR count). The summed E-state index contributed by atoms with van der Waals surface area (Å²) in [6.45, 7) is 0.640. The van der Waals surface area contributed by atoms with Gasteiger partial charge in [0.25, 0.3) is 5.91 Å². The van der Waals surface area contributed by atoms with Gasteiger partial charge in [-0.2, -0.15) is 11.8 Å². The van der Waals surface area contributed by atoms with Gasteiger partial charge in [0, 0.05) is 11.3 Å². The van der Waals surface area contributed by atoms with Gasteiger partial charge in [0.15, 0.2) is 5.75 Å².